The summed E-state index contributed by atoms with van der Waals surface area (Å²) in [6, 6.07) is 9.15. The highest BCUT2D eigenvalue weighted by Crippen LogP contribution is 2.35. The predicted molar refractivity (Wildman–Crippen MR) is 110 cm³/mol. The van der Waals surface area contributed by atoms with E-state index in [1.54, 1.807) is 39.0 Å². The van der Waals surface area contributed by atoms with Crippen LogP contribution in [0.25, 0.3) is 10.9 Å². The Bertz CT molecular complexity index is 1080. The summed E-state index contributed by atoms with van der Waals surface area (Å²) in [5.41, 5.74) is -0.481. The molecule has 2 aromatic carbocycles. The van der Waals surface area contributed by atoms with E-state index in [9.17, 15) is 18.0 Å². The number of hydrogen-bond acceptors (Lipinski definition) is 3. The van der Waals surface area contributed by atoms with Gasteiger partial charge in [0.05, 0.1) is 18.5 Å². The van der Waals surface area contributed by atoms with Crippen LogP contribution in [-0.2, 0) is 28.7 Å². The van der Waals surface area contributed by atoms with E-state index < -0.39 is 23.4 Å². The fourth-order valence-corrected chi connectivity index (χ4v) is 3.55. The molecule has 160 valence electrons. The van der Waals surface area contributed by atoms with Crippen molar-refractivity contribution in [3.05, 3.63) is 63.3 Å². The van der Waals surface area contributed by atoms with E-state index in [-0.39, 0.29) is 23.9 Å². The number of carbonyl (C=O) groups excluding carboxylic acids is 1. The first-order chi connectivity index (χ1) is 13.8. The Balaban J connectivity index is 2.06. The summed E-state index contributed by atoms with van der Waals surface area (Å²) in [7, 11) is 0. The zero-order chi connectivity index (χ0) is 22.3. The predicted octanol–water partition coefficient (Wildman–Crippen LogP) is 6.29. The van der Waals surface area contributed by atoms with Gasteiger partial charge in [0.2, 0.25) is 0 Å². The number of hydrogen-bond donors (Lipinski definition) is 0. The third kappa shape index (κ3) is 5.08. The van der Waals surface area contributed by atoms with Crippen LogP contribution < -0.4 is 0 Å². The van der Waals surface area contributed by atoms with Crippen LogP contribution in [0.5, 0.6) is 0 Å². The largest absolute Gasteiger partial charge is 0.460 e. The molecule has 30 heavy (non-hydrogen) atoms. The Hall–Kier alpha value is -2.25. The van der Waals surface area contributed by atoms with Gasteiger partial charge in [-0.25, -0.2) is 0 Å². The molecule has 0 aliphatic rings. The molecule has 0 atom stereocenters. The SMILES string of the molecule is CC(C)(C)OC(=O)Cc1ccc2c(C(F)(F)F)nn(Cc3c(Cl)cccc3Cl)c2c1. The molecule has 1 aromatic heterocycles. The van der Waals surface area contributed by atoms with E-state index in [4.69, 9.17) is 27.9 Å². The van der Waals surface area contributed by atoms with Crippen LogP contribution in [-0.4, -0.2) is 21.4 Å². The number of aromatic nitrogens is 2. The molecular formula is C21H19Cl2F3N2O2. The van der Waals surface area contributed by atoms with Crippen molar-refractivity contribution in [3.63, 3.8) is 0 Å². The molecular weight excluding hydrogens is 440 g/mol. The Morgan fingerprint density at radius 2 is 1.73 bits per heavy atom. The first kappa shape index (κ1) is 22.4. The Kier molecular flexibility index (Phi) is 6.07. The number of halogens is 5. The third-order valence-electron chi connectivity index (χ3n) is 4.22. The molecule has 3 aromatic rings. The topological polar surface area (TPSA) is 44.1 Å². The summed E-state index contributed by atoms with van der Waals surface area (Å²) in [6.45, 7) is 5.17. The number of nitrogens with zero attached hydrogens (tertiary/aromatic N) is 2. The minimum absolute atomic E-state index is 0.0546. The third-order valence-corrected chi connectivity index (χ3v) is 4.93. The number of carbonyl (C=O) groups is 1. The molecule has 4 nitrogen and oxygen atoms in total. The highest BCUT2D eigenvalue weighted by Gasteiger charge is 2.37. The van der Waals surface area contributed by atoms with Crippen molar-refractivity contribution < 1.29 is 22.7 Å². The molecule has 0 N–H and O–H groups in total. The van der Waals surface area contributed by atoms with Gasteiger partial charge < -0.3 is 4.74 Å². The van der Waals surface area contributed by atoms with Crippen LogP contribution >= 0.6 is 23.2 Å². The van der Waals surface area contributed by atoms with E-state index in [0.717, 1.165) is 0 Å². The van der Waals surface area contributed by atoms with Gasteiger partial charge in [0.1, 0.15) is 5.60 Å². The second kappa shape index (κ2) is 8.12. The van der Waals surface area contributed by atoms with Crippen molar-refractivity contribution in [3.8, 4) is 0 Å². The molecule has 0 radical (unpaired) electrons. The van der Waals surface area contributed by atoms with E-state index in [0.29, 0.717) is 21.2 Å². The lowest BCUT2D eigenvalue weighted by Gasteiger charge is -2.19. The smallest absolute Gasteiger partial charge is 0.435 e. The second-order valence-corrected chi connectivity index (χ2v) is 8.63. The average molecular weight is 459 g/mol. The van der Waals surface area contributed by atoms with Gasteiger partial charge in [-0.15, -0.1) is 0 Å². The van der Waals surface area contributed by atoms with Crippen LogP contribution in [0.1, 0.15) is 37.6 Å². The molecule has 0 bridgehead atoms. The lowest BCUT2D eigenvalue weighted by atomic mass is 10.1. The summed E-state index contributed by atoms with van der Waals surface area (Å²) in [4.78, 5) is 12.1. The molecule has 9 heteroatoms. The minimum atomic E-state index is -4.64. The summed E-state index contributed by atoms with van der Waals surface area (Å²) in [5, 5.41) is 4.35. The highest BCUT2D eigenvalue weighted by molar-refractivity contribution is 6.36. The minimum Gasteiger partial charge on any atom is -0.460 e. The molecule has 0 saturated carbocycles. The van der Waals surface area contributed by atoms with Gasteiger partial charge in [0.15, 0.2) is 5.69 Å². The average Bonchev–Trinajstić information content (AvgIpc) is 2.95. The zero-order valence-corrected chi connectivity index (χ0v) is 18.0. The Morgan fingerprint density at radius 1 is 1.10 bits per heavy atom. The molecule has 0 unspecified atom stereocenters. The van der Waals surface area contributed by atoms with Crippen LogP contribution in [0.2, 0.25) is 10.0 Å². The first-order valence-electron chi connectivity index (χ1n) is 9.06. The Labute approximate surface area is 181 Å². The number of rotatable bonds is 4. The van der Waals surface area contributed by atoms with Crippen molar-refractivity contribution in [1.29, 1.82) is 0 Å². The van der Waals surface area contributed by atoms with Crippen molar-refractivity contribution in [2.24, 2.45) is 0 Å². The van der Waals surface area contributed by atoms with Gasteiger partial charge in [-0.1, -0.05) is 41.4 Å². The lowest BCUT2D eigenvalue weighted by Crippen LogP contribution is -2.24. The summed E-state index contributed by atoms with van der Waals surface area (Å²) in [5.74, 6) is -0.474. The Morgan fingerprint density at radius 3 is 2.30 bits per heavy atom. The standard InChI is InChI=1S/C21H19Cl2F3N2O2/c1-20(2,3)30-18(29)10-12-7-8-13-17(9-12)28(27-19(13)21(24,25)26)11-14-15(22)5-4-6-16(14)23/h4-9H,10-11H2,1-3H3. The summed E-state index contributed by atoms with van der Waals surface area (Å²) in [6.07, 6.45) is -4.72. The van der Waals surface area contributed by atoms with Crippen molar-refractivity contribution in [2.45, 2.75) is 45.5 Å². The van der Waals surface area contributed by atoms with Gasteiger partial charge in [-0.05, 0) is 44.5 Å². The van der Waals surface area contributed by atoms with Crippen LogP contribution in [0.4, 0.5) is 13.2 Å². The van der Waals surface area contributed by atoms with Gasteiger partial charge >= 0.3 is 12.1 Å². The van der Waals surface area contributed by atoms with Gasteiger partial charge in [0, 0.05) is 21.0 Å². The maximum Gasteiger partial charge on any atom is 0.435 e. The maximum atomic E-state index is 13.5. The van der Waals surface area contributed by atoms with Gasteiger partial charge in [-0.3, -0.25) is 9.48 Å². The quantitative estimate of drug-likeness (QED) is 0.431. The summed E-state index contributed by atoms with van der Waals surface area (Å²) < 4.78 is 47.1. The molecule has 1 heterocycles. The number of benzene rings is 2. The van der Waals surface area contributed by atoms with Crippen LogP contribution in [0, 0.1) is 0 Å². The summed E-state index contributed by atoms with van der Waals surface area (Å²) >= 11 is 12.4. The van der Waals surface area contributed by atoms with Crippen molar-refractivity contribution in [2.75, 3.05) is 0 Å². The molecule has 0 spiro atoms. The number of esters is 1. The van der Waals surface area contributed by atoms with E-state index in [1.165, 1.54) is 22.9 Å². The van der Waals surface area contributed by atoms with E-state index in [2.05, 4.69) is 5.10 Å². The molecule has 0 aliphatic heterocycles. The molecule has 0 fully saturated rings. The monoisotopic (exact) mass is 458 g/mol. The second-order valence-electron chi connectivity index (χ2n) is 7.82. The fraction of sp³-hybridized carbons (Fsp3) is 0.333. The van der Waals surface area contributed by atoms with Crippen LogP contribution in [0.3, 0.4) is 0 Å². The molecule has 0 saturated heterocycles. The lowest BCUT2D eigenvalue weighted by molar-refractivity contribution is -0.154. The molecule has 0 aliphatic carbocycles. The normalized spacial score (nSPS) is 12.4. The number of alkyl halides is 3. The first-order valence-corrected chi connectivity index (χ1v) is 9.82. The maximum absolute atomic E-state index is 13.5. The van der Waals surface area contributed by atoms with Gasteiger partial charge in [-0.2, -0.15) is 18.3 Å². The van der Waals surface area contributed by atoms with Crippen molar-refractivity contribution >= 4 is 40.1 Å². The van der Waals surface area contributed by atoms with E-state index in [1.807, 2.05) is 0 Å². The van der Waals surface area contributed by atoms with Gasteiger partial charge in [0.25, 0.3) is 0 Å². The number of ether oxygens (including phenoxy) is 1. The highest BCUT2D eigenvalue weighted by atomic mass is 35.5. The molecule has 3 rings (SSSR count). The van der Waals surface area contributed by atoms with Crippen LogP contribution in [0.15, 0.2) is 36.4 Å². The fourth-order valence-electron chi connectivity index (χ4n) is 3.04. The number of fused-ring (bicyclic) bond motifs is 1. The van der Waals surface area contributed by atoms with Crippen molar-refractivity contribution in [1.82, 2.24) is 9.78 Å². The van der Waals surface area contributed by atoms with E-state index >= 15 is 0 Å². The zero-order valence-electron chi connectivity index (χ0n) is 16.5. The molecule has 0 amide bonds.